The minimum atomic E-state index is -0.412. The van der Waals surface area contributed by atoms with Crippen LogP contribution in [0.4, 0.5) is 0 Å². The lowest BCUT2D eigenvalue weighted by atomic mass is 10.1. The number of hydrogen-bond acceptors (Lipinski definition) is 5. The molecule has 0 aromatic carbocycles. The highest BCUT2D eigenvalue weighted by Crippen LogP contribution is 2.18. The van der Waals surface area contributed by atoms with E-state index in [1.165, 1.54) is 0 Å². The molecule has 21 heavy (non-hydrogen) atoms. The molecule has 0 spiro atoms. The van der Waals surface area contributed by atoms with Crippen LogP contribution in [-0.2, 0) is 17.7 Å². The van der Waals surface area contributed by atoms with Crippen molar-refractivity contribution in [1.82, 2.24) is 20.0 Å². The van der Waals surface area contributed by atoms with E-state index in [0.717, 1.165) is 17.8 Å². The van der Waals surface area contributed by atoms with Gasteiger partial charge < -0.3 is 4.74 Å². The Hall–Kier alpha value is -2.24. The van der Waals surface area contributed by atoms with Crippen LogP contribution in [0.25, 0.3) is 0 Å². The van der Waals surface area contributed by atoms with Crippen LogP contribution in [0, 0.1) is 0 Å². The summed E-state index contributed by atoms with van der Waals surface area (Å²) in [6.07, 6.45) is 2.51. The van der Waals surface area contributed by atoms with Gasteiger partial charge >= 0.3 is 5.97 Å². The third-order valence-electron chi connectivity index (χ3n) is 3.09. The Balaban J connectivity index is 2.18. The summed E-state index contributed by atoms with van der Waals surface area (Å²) in [7, 11) is 0. The van der Waals surface area contributed by atoms with Crippen LogP contribution in [0.5, 0.6) is 0 Å². The maximum absolute atomic E-state index is 11.9. The Labute approximate surface area is 124 Å². The van der Waals surface area contributed by atoms with Crippen molar-refractivity contribution in [1.29, 1.82) is 0 Å². The van der Waals surface area contributed by atoms with Gasteiger partial charge in [0.15, 0.2) is 5.69 Å². The molecule has 0 atom stereocenters. The fourth-order valence-electron chi connectivity index (χ4n) is 2.17. The highest BCUT2D eigenvalue weighted by atomic mass is 16.5. The first-order valence-electron chi connectivity index (χ1n) is 7.13. The molecule has 2 aromatic heterocycles. The van der Waals surface area contributed by atoms with E-state index in [4.69, 9.17) is 4.74 Å². The van der Waals surface area contributed by atoms with Gasteiger partial charge in [-0.3, -0.25) is 4.98 Å². The molecule has 0 unspecified atom stereocenters. The second-order valence-electron chi connectivity index (χ2n) is 4.99. The molecule has 0 saturated heterocycles. The number of nitrogens with zero attached hydrogens (tertiary/aromatic N) is 4. The SMILES string of the molecule is CCOC(=O)c1nnn(CCc2ccccn2)c1C(C)C. The van der Waals surface area contributed by atoms with E-state index in [0.29, 0.717) is 18.8 Å². The lowest BCUT2D eigenvalue weighted by Gasteiger charge is -2.10. The molecular weight excluding hydrogens is 268 g/mol. The topological polar surface area (TPSA) is 69.9 Å². The Morgan fingerprint density at radius 2 is 2.19 bits per heavy atom. The number of hydrogen-bond donors (Lipinski definition) is 0. The normalized spacial score (nSPS) is 10.9. The van der Waals surface area contributed by atoms with Crippen LogP contribution >= 0.6 is 0 Å². The number of aromatic nitrogens is 4. The second-order valence-corrected chi connectivity index (χ2v) is 4.99. The molecule has 6 nitrogen and oxygen atoms in total. The number of ether oxygens (including phenoxy) is 1. The summed E-state index contributed by atoms with van der Waals surface area (Å²) in [5, 5.41) is 8.08. The van der Waals surface area contributed by atoms with E-state index in [9.17, 15) is 4.79 Å². The molecule has 0 aliphatic carbocycles. The van der Waals surface area contributed by atoms with E-state index >= 15 is 0 Å². The fraction of sp³-hybridized carbons (Fsp3) is 0.467. The van der Waals surface area contributed by atoms with Gasteiger partial charge in [-0.2, -0.15) is 0 Å². The Morgan fingerprint density at radius 1 is 1.38 bits per heavy atom. The van der Waals surface area contributed by atoms with E-state index in [-0.39, 0.29) is 5.92 Å². The van der Waals surface area contributed by atoms with Crippen LogP contribution < -0.4 is 0 Å². The number of pyridine rings is 1. The van der Waals surface area contributed by atoms with Gasteiger partial charge in [0.25, 0.3) is 0 Å². The zero-order chi connectivity index (χ0) is 15.2. The number of rotatable bonds is 6. The maximum atomic E-state index is 11.9. The van der Waals surface area contributed by atoms with E-state index < -0.39 is 5.97 Å². The highest BCUT2D eigenvalue weighted by Gasteiger charge is 2.22. The number of carbonyl (C=O) groups is 1. The first kappa shape index (κ1) is 15.2. The smallest absolute Gasteiger partial charge is 0.360 e. The first-order chi connectivity index (χ1) is 10.1. The maximum Gasteiger partial charge on any atom is 0.360 e. The summed E-state index contributed by atoms with van der Waals surface area (Å²) in [6, 6.07) is 5.81. The van der Waals surface area contributed by atoms with Gasteiger partial charge in [0.1, 0.15) is 0 Å². The van der Waals surface area contributed by atoms with Gasteiger partial charge in [-0.25, -0.2) is 9.48 Å². The molecule has 0 bridgehead atoms. The Morgan fingerprint density at radius 3 is 2.81 bits per heavy atom. The quantitative estimate of drug-likeness (QED) is 0.762. The highest BCUT2D eigenvalue weighted by molar-refractivity contribution is 5.88. The van der Waals surface area contributed by atoms with E-state index in [2.05, 4.69) is 15.3 Å². The predicted molar refractivity (Wildman–Crippen MR) is 78.0 cm³/mol. The van der Waals surface area contributed by atoms with Gasteiger partial charge in [-0.15, -0.1) is 5.10 Å². The number of esters is 1. The molecule has 2 rings (SSSR count). The lowest BCUT2D eigenvalue weighted by molar-refractivity contribution is 0.0517. The summed E-state index contributed by atoms with van der Waals surface area (Å²) in [6.45, 7) is 6.77. The summed E-state index contributed by atoms with van der Waals surface area (Å²) >= 11 is 0. The van der Waals surface area contributed by atoms with Crippen LogP contribution in [0.3, 0.4) is 0 Å². The zero-order valence-corrected chi connectivity index (χ0v) is 12.6. The minimum absolute atomic E-state index is 0.142. The van der Waals surface area contributed by atoms with Crippen LogP contribution in [-0.4, -0.2) is 32.6 Å². The standard InChI is InChI=1S/C15H20N4O2/c1-4-21-15(20)13-14(11(2)3)19(18-17-13)10-8-12-7-5-6-9-16-12/h5-7,9,11H,4,8,10H2,1-3H3. The summed E-state index contributed by atoms with van der Waals surface area (Å²) in [5.41, 5.74) is 2.11. The molecule has 0 amide bonds. The predicted octanol–water partition coefficient (Wildman–Crippen LogP) is 2.22. The third kappa shape index (κ3) is 3.65. The molecule has 0 fully saturated rings. The van der Waals surface area contributed by atoms with Gasteiger partial charge in [-0.05, 0) is 25.0 Å². The Kier molecular flexibility index (Phi) is 5.03. The first-order valence-corrected chi connectivity index (χ1v) is 7.13. The molecule has 0 radical (unpaired) electrons. The van der Waals surface area contributed by atoms with E-state index in [1.807, 2.05) is 32.0 Å². The van der Waals surface area contributed by atoms with Crippen molar-refractivity contribution in [3.05, 3.63) is 41.5 Å². The molecule has 0 N–H and O–H groups in total. The van der Waals surface area contributed by atoms with Crippen molar-refractivity contribution in [3.63, 3.8) is 0 Å². The molecule has 2 aromatic rings. The third-order valence-corrected chi connectivity index (χ3v) is 3.09. The zero-order valence-electron chi connectivity index (χ0n) is 12.6. The second kappa shape index (κ2) is 6.97. The molecule has 0 aliphatic rings. The minimum Gasteiger partial charge on any atom is -0.461 e. The molecule has 2 heterocycles. The van der Waals surface area contributed by atoms with Crippen LogP contribution in [0.15, 0.2) is 24.4 Å². The van der Waals surface area contributed by atoms with Crippen molar-refractivity contribution in [3.8, 4) is 0 Å². The summed E-state index contributed by atoms with van der Waals surface area (Å²) < 4.78 is 6.80. The van der Waals surface area contributed by atoms with Crippen LogP contribution in [0.2, 0.25) is 0 Å². The summed E-state index contributed by atoms with van der Waals surface area (Å²) in [4.78, 5) is 16.2. The molecular formula is C15H20N4O2. The van der Waals surface area contributed by atoms with Crippen molar-refractivity contribution in [2.45, 2.75) is 39.7 Å². The Bertz CT molecular complexity index is 593. The monoisotopic (exact) mass is 288 g/mol. The fourth-order valence-corrected chi connectivity index (χ4v) is 2.17. The number of carbonyl (C=O) groups excluding carboxylic acids is 1. The molecule has 0 saturated carbocycles. The van der Waals surface area contributed by atoms with Crippen molar-refractivity contribution in [2.75, 3.05) is 6.61 Å². The van der Waals surface area contributed by atoms with Gasteiger partial charge in [0.2, 0.25) is 0 Å². The average Bonchev–Trinajstić information content (AvgIpc) is 2.90. The average molecular weight is 288 g/mol. The van der Waals surface area contributed by atoms with E-state index in [1.54, 1.807) is 17.8 Å². The van der Waals surface area contributed by atoms with Crippen molar-refractivity contribution in [2.24, 2.45) is 0 Å². The number of aryl methyl sites for hydroxylation is 2. The van der Waals surface area contributed by atoms with Crippen LogP contribution in [0.1, 0.15) is 48.6 Å². The summed E-state index contributed by atoms with van der Waals surface area (Å²) in [5.74, 6) is -0.270. The molecule has 112 valence electrons. The van der Waals surface area contributed by atoms with Gasteiger partial charge in [0, 0.05) is 24.9 Å². The van der Waals surface area contributed by atoms with Gasteiger partial charge in [0.05, 0.1) is 12.3 Å². The lowest BCUT2D eigenvalue weighted by Crippen LogP contribution is -2.13. The largest absolute Gasteiger partial charge is 0.461 e. The van der Waals surface area contributed by atoms with Gasteiger partial charge in [-0.1, -0.05) is 25.1 Å². The van der Waals surface area contributed by atoms with Crippen molar-refractivity contribution < 1.29 is 9.53 Å². The molecule has 0 aliphatic heterocycles. The van der Waals surface area contributed by atoms with Crippen molar-refractivity contribution >= 4 is 5.97 Å². The molecule has 6 heteroatoms.